The van der Waals surface area contributed by atoms with E-state index < -0.39 is 11.5 Å². The van der Waals surface area contributed by atoms with Crippen LogP contribution in [0.25, 0.3) is 0 Å². The van der Waals surface area contributed by atoms with Crippen LogP contribution in [0.3, 0.4) is 0 Å². The Morgan fingerprint density at radius 3 is 2.58 bits per heavy atom. The molecule has 1 heterocycles. The molecule has 36 heavy (non-hydrogen) atoms. The highest BCUT2D eigenvalue weighted by Gasteiger charge is 2.59. The third kappa shape index (κ3) is 5.19. The lowest BCUT2D eigenvalue weighted by atomic mass is 9.47. The first-order chi connectivity index (χ1) is 17.1. The van der Waals surface area contributed by atoms with Gasteiger partial charge in [0.1, 0.15) is 0 Å². The minimum absolute atomic E-state index is 0.0124. The summed E-state index contributed by atoms with van der Waals surface area (Å²) in [6.07, 6.45) is 2.47. The number of aromatic nitrogens is 1. The topological polar surface area (TPSA) is 115 Å². The first-order valence-electron chi connectivity index (χ1n) is 13.1. The zero-order valence-electron chi connectivity index (χ0n) is 21.8. The third-order valence-electron chi connectivity index (χ3n) is 8.65. The molecule has 4 rings (SSSR count). The van der Waals surface area contributed by atoms with Gasteiger partial charge in [-0.25, -0.2) is 4.98 Å². The lowest BCUT2D eigenvalue weighted by molar-refractivity contribution is -0.144. The normalized spacial score (nSPS) is 30.4. The maximum Gasteiger partial charge on any atom is 0.220 e. The molecule has 0 spiro atoms. The lowest BCUT2D eigenvalue weighted by Gasteiger charge is -2.58. The second kappa shape index (κ2) is 10.8. The lowest BCUT2D eigenvalue weighted by Crippen LogP contribution is -2.58. The maximum absolute atomic E-state index is 13.3. The molecule has 0 saturated heterocycles. The number of benzene rings is 1. The average molecular weight is 516 g/mol. The maximum atomic E-state index is 13.3. The van der Waals surface area contributed by atoms with E-state index in [1.807, 2.05) is 37.3 Å². The van der Waals surface area contributed by atoms with Crippen molar-refractivity contribution in [2.75, 3.05) is 18.5 Å². The van der Waals surface area contributed by atoms with Crippen molar-refractivity contribution in [1.29, 1.82) is 0 Å². The molecule has 1 amide bonds. The molecule has 2 aromatic rings. The number of hydrogen-bond donors (Lipinski definition) is 5. The van der Waals surface area contributed by atoms with Crippen molar-refractivity contribution in [3.8, 4) is 0 Å². The molecule has 7 nitrogen and oxygen atoms in total. The standard InChI is InChI=1S/C28H41N3O4S/c1-17(2)12-19(15-32)29-24(35)13-20-25-21(36-26(31-25)30-18-8-6-5-7-9-18)14-22-27(20,3)11-10-23(34)28(22,4)16-33/h5-9,17,19-20,22-23,32-34H,10-16H2,1-4H3,(H,29,35)(H,30,31)/t19-,20-,22+,23-,27+,28+/m1/s1. The van der Waals surface area contributed by atoms with Crippen LogP contribution < -0.4 is 10.6 Å². The summed E-state index contributed by atoms with van der Waals surface area (Å²) in [5.74, 6) is 0.139. The molecule has 1 aromatic heterocycles. The fraction of sp³-hybridized carbons (Fsp3) is 0.643. The number of thiazole rings is 1. The molecule has 0 unspecified atom stereocenters. The summed E-state index contributed by atoms with van der Waals surface area (Å²) >= 11 is 1.60. The summed E-state index contributed by atoms with van der Waals surface area (Å²) in [5, 5.41) is 38.4. The summed E-state index contributed by atoms with van der Waals surface area (Å²) in [7, 11) is 0. The number of para-hydroxylation sites is 1. The van der Waals surface area contributed by atoms with E-state index in [-0.39, 0.29) is 48.8 Å². The zero-order valence-corrected chi connectivity index (χ0v) is 22.6. The number of nitrogens with one attached hydrogen (secondary N) is 2. The summed E-state index contributed by atoms with van der Waals surface area (Å²) in [6, 6.07) is 9.64. The van der Waals surface area contributed by atoms with Crippen molar-refractivity contribution in [2.45, 2.75) is 77.9 Å². The first kappa shape index (κ1) is 27.0. The summed E-state index contributed by atoms with van der Waals surface area (Å²) in [5.41, 5.74) is 0.957. The minimum Gasteiger partial charge on any atom is -0.396 e. The average Bonchev–Trinajstić information content (AvgIpc) is 3.25. The number of rotatable bonds is 9. The van der Waals surface area contributed by atoms with Gasteiger partial charge in [-0.3, -0.25) is 4.79 Å². The molecular formula is C28H41N3O4S. The van der Waals surface area contributed by atoms with E-state index in [1.165, 1.54) is 0 Å². The van der Waals surface area contributed by atoms with Crippen LogP contribution in [0.4, 0.5) is 10.8 Å². The van der Waals surface area contributed by atoms with Gasteiger partial charge in [-0.15, -0.1) is 11.3 Å². The van der Waals surface area contributed by atoms with E-state index in [4.69, 9.17) is 4.98 Å². The van der Waals surface area contributed by atoms with Crippen LogP contribution in [0.1, 0.15) is 69.9 Å². The number of anilines is 2. The SMILES string of the molecule is CC(C)C[C@H](CO)NC(=O)C[C@@H]1c2nc(Nc3ccccc3)sc2C[C@@H]2[C@](C)(CO)[C@H](O)CC[C@]21C. The van der Waals surface area contributed by atoms with Crippen LogP contribution in [-0.4, -0.2) is 51.6 Å². The molecule has 1 saturated carbocycles. The molecule has 1 fully saturated rings. The Morgan fingerprint density at radius 1 is 1.22 bits per heavy atom. The number of aliphatic hydroxyl groups is 3. The molecule has 0 radical (unpaired) electrons. The van der Waals surface area contributed by atoms with Crippen LogP contribution >= 0.6 is 11.3 Å². The van der Waals surface area contributed by atoms with E-state index in [9.17, 15) is 20.1 Å². The first-order valence-corrected chi connectivity index (χ1v) is 13.9. The molecule has 8 heteroatoms. The van der Waals surface area contributed by atoms with Crippen molar-refractivity contribution in [3.05, 3.63) is 40.9 Å². The van der Waals surface area contributed by atoms with Crippen molar-refractivity contribution in [3.63, 3.8) is 0 Å². The number of fused-ring (bicyclic) bond motifs is 2. The molecule has 198 valence electrons. The molecule has 0 aliphatic heterocycles. The van der Waals surface area contributed by atoms with Crippen molar-refractivity contribution < 1.29 is 20.1 Å². The zero-order chi connectivity index (χ0) is 26.1. The summed E-state index contributed by atoms with van der Waals surface area (Å²) < 4.78 is 0. The number of carbonyl (C=O) groups is 1. The van der Waals surface area contributed by atoms with E-state index in [2.05, 4.69) is 31.4 Å². The highest BCUT2D eigenvalue weighted by molar-refractivity contribution is 7.15. The molecule has 2 aliphatic rings. The fourth-order valence-corrected chi connectivity index (χ4v) is 7.65. The van der Waals surface area contributed by atoms with Gasteiger partial charge >= 0.3 is 0 Å². The molecule has 2 aliphatic carbocycles. The molecule has 1 aromatic carbocycles. The monoisotopic (exact) mass is 515 g/mol. The molecule has 6 atom stereocenters. The van der Waals surface area contributed by atoms with Gasteiger partial charge in [-0.1, -0.05) is 45.9 Å². The highest BCUT2D eigenvalue weighted by Crippen LogP contribution is 2.62. The fourth-order valence-electron chi connectivity index (χ4n) is 6.56. The largest absolute Gasteiger partial charge is 0.396 e. The van der Waals surface area contributed by atoms with Gasteiger partial charge in [0, 0.05) is 28.3 Å². The summed E-state index contributed by atoms with van der Waals surface area (Å²) in [4.78, 5) is 19.4. The number of aliphatic hydroxyl groups excluding tert-OH is 3. The minimum atomic E-state index is -0.651. The van der Waals surface area contributed by atoms with E-state index >= 15 is 0 Å². The smallest absolute Gasteiger partial charge is 0.220 e. The van der Waals surface area contributed by atoms with Crippen LogP contribution in [0.5, 0.6) is 0 Å². The van der Waals surface area contributed by atoms with Gasteiger partial charge in [0.25, 0.3) is 0 Å². The molecule has 5 N–H and O–H groups in total. The van der Waals surface area contributed by atoms with Gasteiger partial charge in [-0.2, -0.15) is 0 Å². The van der Waals surface area contributed by atoms with Crippen LogP contribution in [0.2, 0.25) is 0 Å². The Kier molecular flexibility index (Phi) is 8.10. The van der Waals surface area contributed by atoms with Crippen molar-refractivity contribution >= 4 is 28.1 Å². The third-order valence-corrected chi connectivity index (χ3v) is 9.66. The van der Waals surface area contributed by atoms with E-state index in [0.717, 1.165) is 34.2 Å². The van der Waals surface area contributed by atoms with Crippen LogP contribution in [-0.2, 0) is 11.2 Å². The van der Waals surface area contributed by atoms with Gasteiger partial charge in [0.15, 0.2) is 5.13 Å². The van der Waals surface area contributed by atoms with Gasteiger partial charge in [0.2, 0.25) is 5.91 Å². The predicted molar refractivity (Wildman–Crippen MR) is 143 cm³/mol. The van der Waals surface area contributed by atoms with Crippen LogP contribution in [0, 0.1) is 22.7 Å². The number of nitrogens with zero attached hydrogens (tertiary/aromatic N) is 1. The van der Waals surface area contributed by atoms with E-state index in [1.54, 1.807) is 11.3 Å². The Morgan fingerprint density at radius 2 is 1.94 bits per heavy atom. The van der Waals surface area contributed by atoms with Crippen LogP contribution in [0.15, 0.2) is 30.3 Å². The quantitative estimate of drug-likeness (QED) is 0.342. The number of hydrogen-bond acceptors (Lipinski definition) is 7. The summed E-state index contributed by atoms with van der Waals surface area (Å²) in [6.45, 7) is 8.16. The van der Waals surface area contributed by atoms with Crippen molar-refractivity contribution in [1.82, 2.24) is 10.3 Å². The number of carbonyl (C=O) groups excluding carboxylic acids is 1. The van der Waals surface area contributed by atoms with Gasteiger partial charge in [0.05, 0.1) is 31.1 Å². The Balaban J connectivity index is 1.68. The Labute approximate surface area is 218 Å². The molecular weight excluding hydrogens is 474 g/mol. The van der Waals surface area contributed by atoms with Gasteiger partial charge in [-0.05, 0) is 55.1 Å². The second-order valence-electron chi connectivity index (χ2n) is 11.6. The Bertz CT molecular complexity index is 1040. The highest BCUT2D eigenvalue weighted by atomic mass is 32.1. The predicted octanol–water partition coefficient (Wildman–Crippen LogP) is 4.22. The molecule has 0 bridgehead atoms. The van der Waals surface area contributed by atoms with Crippen molar-refractivity contribution in [2.24, 2.45) is 22.7 Å². The van der Waals surface area contributed by atoms with Gasteiger partial charge < -0.3 is 26.0 Å². The van der Waals surface area contributed by atoms with E-state index in [0.29, 0.717) is 18.8 Å². The second-order valence-corrected chi connectivity index (χ2v) is 12.7. The Hall–Kier alpha value is -2.00. The number of amides is 1.